The van der Waals surface area contributed by atoms with Crippen LogP contribution in [0, 0.1) is 5.92 Å². The van der Waals surface area contributed by atoms with Crippen LogP contribution in [-0.4, -0.2) is 32.0 Å². The highest BCUT2D eigenvalue weighted by atomic mass is 35.5. The molecular weight excluding hydrogens is 560 g/mol. The third-order valence-electron chi connectivity index (χ3n) is 7.73. The molecule has 1 aromatic heterocycles. The van der Waals surface area contributed by atoms with Gasteiger partial charge in [0.15, 0.2) is 0 Å². The van der Waals surface area contributed by atoms with Crippen LogP contribution in [0.15, 0.2) is 101 Å². The normalized spacial score (nSPS) is 17.9. The minimum atomic E-state index is -4.01. The number of aromatic nitrogens is 1. The van der Waals surface area contributed by atoms with Crippen LogP contribution in [0.5, 0.6) is 0 Å². The first-order valence-electron chi connectivity index (χ1n) is 13.5. The molecule has 2 bridgehead atoms. The van der Waals surface area contributed by atoms with Gasteiger partial charge in [0.05, 0.1) is 16.3 Å². The molecule has 2 N–H and O–H groups in total. The quantitative estimate of drug-likeness (QED) is 0.321. The van der Waals surface area contributed by atoms with E-state index in [1.54, 1.807) is 42.5 Å². The summed E-state index contributed by atoms with van der Waals surface area (Å²) in [5.41, 5.74) is 3.28. The maximum absolute atomic E-state index is 13.5. The Hall–Kier alpha value is -4.08. The van der Waals surface area contributed by atoms with E-state index >= 15 is 0 Å². The monoisotopic (exact) mass is 588 g/mol. The number of hydrogen-bond acceptors (Lipinski definition) is 5. The highest BCUT2D eigenvalue weighted by Gasteiger charge is 2.35. The maximum atomic E-state index is 13.5. The summed E-state index contributed by atoms with van der Waals surface area (Å²) < 4.78 is 31.5. The maximum Gasteiger partial charge on any atom is 0.262 e. The Labute approximate surface area is 243 Å². The molecule has 8 nitrogen and oxygen atoms in total. The van der Waals surface area contributed by atoms with Crippen molar-refractivity contribution in [2.45, 2.75) is 30.3 Å². The molecule has 4 aromatic rings. The summed E-state index contributed by atoms with van der Waals surface area (Å²) in [4.78, 5) is 27.8. The van der Waals surface area contributed by atoms with E-state index in [4.69, 9.17) is 11.6 Å². The molecule has 41 heavy (non-hydrogen) atoms. The Kier molecular flexibility index (Phi) is 7.32. The van der Waals surface area contributed by atoms with Crippen LogP contribution in [0.3, 0.4) is 0 Å². The van der Waals surface area contributed by atoms with Crippen molar-refractivity contribution < 1.29 is 13.2 Å². The number of rotatable bonds is 7. The molecule has 210 valence electrons. The molecule has 2 aliphatic rings. The first-order chi connectivity index (χ1) is 19.8. The number of anilines is 2. The Balaban J connectivity index is 1.33. The van der Waals surface area contributed by atoms with Crippen molar-refractivity contribution in [2.24, 2.45) is 5.92 Å². The van der Waals surface area contributed by atoms with E-state index < -0.39 is 10.0 Å². The second kappa shape index (κ2) is 11.1. The third kappa shape index (κ3) is 5.73. The van der Waals surface area contributed by atoms with Crippen LogP contribution in [0.4, 0.5) is 11.4 Å². The number of carbonyl (C=O) groups excluding carboxylic acids is 1. The van der Waals surface area contributed by atoms with Gasteiger partial charge in [-0.25, -0.2) is 8.42 Å². The van der Waals surface area contributed by atoms with Crippen molar-refractivity contribution in [1.82, 2.24) is 9.88 Å². The molecule has 0 aliphatic carbocycles. The number of carbonyl (C=O) groups is 1. The molecule has 0 radical (unpaired) electrons. The zero-order valence-corrected chi connectivity index (χ0v) is 23.7. The lowest BCUT2D eigenvalue weighted by Gasteiger charge is -2.44. The van der Waals surface area contributed by atoms with Crippen LogP contribution in [0.25, 0.3) is 0 Å². The number of benzene rings is 3. The van der Waals surface area contributed by atoms with Crippen molar-refractivity contribution in [2.75, 3.05) is 22.7 Å². The standard InChI is InChI=1S/C31H29ClN4O4S/c32-25-8-4-9-26(16-25)41(39,40)34-27-15-23(31(38)33-17-21-6-2-1-3-7-21)12-13-29(27)35-18-22-14-24(20-35)28-10-5-11-30(37)36(28)19-22/h1-13,15-16,22,24,34H,14,17-20H2,(H,33,38)/t22-,24+/m1/s1. The molecule has 0 spiro atoms. The Morgan fingerprint density at radius 1 is 0.902 bits per heavy atom. The predicted molar refractivity (Wildman–Crippen MR) is 160 cm³/mol. The number of sulfonamides is 1. The van der Waals surface area contributed by atoms with Crippen molar-refractivity contribution in [3.05, 3.63) is 123 Å². The van der Waals surface area contributed by atoms with E-state index in [9.17, 15) is 18.0 Å². The van der Waals surface area contributed by atoms with Crippen LogP contribution >= 0.6 is 11.6 Å². The van der Waals surface area contributed by atoms with Gasteiger partial charge >= 0.3 is 0 Å². The molecule has 3 aromatic carbocycles. The molecule has 0 unspecified atom stereocenters. The van der Waals surface area contributed by atoms with Gasteiger partial charge in [-0.05, 0) is 60.4 Å². The minimum absolute atomic E-state index is 0.00601. The van der Waals surface area contributed by atoms with Gasteiger partial charge < -0.3 is 14.8 Å². The van der Waals surface area contributed by atoms with E-state index in [1.807, 2.05) is 41.0 Å². The minimum Gasteiger partial charge on any atom is -0.369 e. The number of amides is 1. The molecule has 6 rings (SSSR count). The first-order valence-corrected chi connectivity index (χ1v) is 15.3. The number of pyridine rings is 1. The summed E-state index contributed by atoms with van der Waals surface area (Å²) in [5, 5.41) is 3.22. The van der Waals surface area contributed by atoms with E-state index in [2.05, 4.69) is 14.9 Å². The van der Waals surface area contributed by atoms with E-state index in [0.717, 1.165) is 17.7 Å². The zero-order chi connectivity index (χ0) is 28.6. The van der Waals surface area contributed by atoms with Crippen LogP contribution in [-0.2, 0) is 23.1 Å². The summed E-state index contributed by atoms with van der Waals surface area (Å²) in [6.07, 6.45) is 0.962. The summed E-state index contributed by atoms with van der Waals surface area (Å²) in [6, 6.07) is 26.1. The molecule has 1 amide bonds. The Morgan fingerprint density at radius 3 is 2.51 bits per heavy atom. The Morgan fingerprint density at radius 2 is 1.71 bits per heavy atom. The van der Waals surface area contributed by atoms with Crippen molar-refractivity contribution in [1.29, 1.82) is 0 Å². The molecule has 3 heterocycles. The summed E-state index contributed by atoms with van der Waals surface area (Å²) in [7, 11) is -4.01. The topological polar surface area (TPSA) is 101 Å². The highest BCUT2D eigenvalue weighted by molar-refractivity contribution is 7.92. The Bertz CT molecular complexity index is 1770. The number of hydrogen-bond donors (Lipinski definition) is 2. The number of fused-ring (bicyclic) bond motifs is 4. The largest absolute Gasteiger partial charge is 0.369 e. The van der Waals surface area contributed by atoms with Gasteiger partial charge in [0, 0.05) is 54.4 Å². The van der Waals surface area contributed by atoms with Gasteiger partial charge in [0.25, 0.3) is 21.5 Å². The van der Waals surface area contributed by atoms with E-state index in [1.165, 1.54) is 12.1 Å². The number of halogens is 1. The average molecular weight is 589 g/mol. The van der Waals surface area contributed by atoms with Crippen LogP contribution < -0.4 is 20.5 Å². The fourth-order valence-electron chi connectivity index (χ4n) is 5.85. The molecule has 0 saturated carbocycles. The lowest BCUT2D eigenvalue weighted by atomic mass is 9.83. The molecule has 10 heteroatoms. The molecule has 2 atom stereocenters. The SMILES string of the molecule is O=C(NCc1ccccc1)c1ccc(N2C[C@H]3C[C@@H](C2)c2cccc(=O)n2C3)c(NS(=O)(=O)c2cccc(Cl)c2)c1. The number of piperidine rings is 1. The van der Waals surface area contributed by atoms with Gasteiger partial charge in [0.1, 0.15) is 0 Å². The van der Waals surface area contributed by atoms with Crippen molar-refractivity contribution in [3.8, 4) is 0 Å². The highest BCUT2D eigenvalue weighted by Crippen LogP contribution is 2.40. The molecule has 1 fully saturated rings. The summed E-state index contributed by atoms with van der Waals surface area (Å²) >= 11 is 6.09. The predicted octanol–water partition coefficient (Wildman–Crippen LogP) is 4.86. The van der Waals surface area contributed by atoms with Crippen molar-refractivity contribution in [3.63, 3.8) is 0 Å². The van der Waals surface area contributed by atoms with Gasteiger partial charge in [0.2, 0.25) is 0 Å². The lowest BCUT2D eigenvalue weighted by Crippen LogP contribution is -2.47. The zero-order valence-electron chi connectivity index (χ0n) is 22.2. The smallest absolute Gasteiger partial charge is 0.262 e. The molecule has 2 aliphatic heterocycles. The van der Waals surface area contributed by atoms with Crippen molar-refractivity contribution >= 4 is 38.9 Å². The molecule has 1 saturated heterocycles. The second-order valence-electron chi connectivity index (χ2n) is 10.6. The van der Waals surface area contributed by atoms with Crippen LogP contribution in [0.1, 0.15) is 34.0 Å². The average Bonchev–Trinajstić information content (AvgIpc) is 2.97. The van der Waals surface area contributed by atoms with Gasteiger partial charge in [-0.1, -0.05) is 54.1 Å². The van der Waals surface area contributed by atoms with E-state index in [-0.39, 0.29) is 28.2 Å². The van der Waals surface area contributed by atoms with Gasteiger partial charge in [-0.15, -0.1) is 0 Å². The fraction of sp³-hybridized carbons (Fsp3) is 0.226. The summed E-state index contributed by atoms with van der Waals surface area (Å²) in [6.45, 7) is 2.24. The first kappa shape index (κ1) is 27.1. The number of nitrogens with one attached hydrogen (secondary N) is 2. The molecular formula is C31H29ClN4O4S. The van der Waals surface area contributed by atoms with E-state index in [0.29, 0.717) is 48.1 Å². The van der Waals surface area contributed by atoms with Gasteiger partial charge in [-0.3, -0.25) is 14.3 Å². The summed E-state index contributed by atoms with van der Waals surface area (Å²) in [5.74, 6) is 0.0441. The third-order valence-corrected chi connectivity index (χ3v) is 9.32. The second-order valence-corrected chi connectivity index (χ2v) is 12.7. The van der Waals surface area contributed by atoms with Crippen LogP contribution in [0.2, 0.25) is 5.02 Å². The number of nitrogens with zero attached hydrogens (tertiary/aromatic N) is 2. The fourth-order valence-corrected chi connectivity index (χ4v) is 7.21. The van der Waals surface area contributed by atoms with Gasteiger partial charge in [-0.2, -0.15) is 0 Å². The lowest BCUT2D eigenvalue weighted by molar-refractivity contribution is 0.0951.